The molecular weight excluding hydrogens is 468 g/mol. The number of likely N-dealkylation sites (N-methyl/N-ethyl adjacent to an activating group) is 1. The van der Waals surface area contributed by atoms with Gasteiger partial charge in [-0.1, -0.05) is 45.7 Å². The highest BCUT2D eigenvalue weighted by Crippen LogP contribution is 2.37. The first-order chi connectivity index (χ1) is 16.9. The molecule has 0 spiro atoms. The van der Waals surface area contributed by atoms with E-state index in [1.54, 1.807) is 18.2 Å². The van der Waals surface area contributed by atoms with Crippen molar-refractivity contribution in [3.05, 3.63) is 29.8 Å². The molecule has 1 unspecified atom stereocenters. The van der Waals surface area contributed by atoms with Crippen molar-refractivity contribution < 1.29 is 39.2 Å². The molecule has 1 amide bonds. The third-order valence-corrected chi connectivity index (χ3v) is 6.08. The van der Waals surface area contributed by atoms with Crippen LogP contribution < -0.4 is 10.1 Å². The lowest BCUT2D eigenvalue weighted by molar-refractivity contribution is -0.158. The molecule has 0 aromatic heterocycles. The molecule has 1 aliphatic rings. The van der Waals surface area contributed by atoms with Crippen molar-refractivity contribution in [2.24, 2.45) is 0 Å². The smallest absolute Gasteiger partial charge is 0.322 e. The second-order valence-corrected chi connectivity index (χ2v) is 9.39. The number of carboxylic acid groups (broad SMARTS) is 2. The molecule has 2 rings (SSSR count). The fraction of sp³-hybridized carbons (Fsp3) is 0.615. The molecule has 0 bridgehead atoms. The van der Waals surface area contributed by atoms with Crippen LogP contribution in [0, 0.1) is 0 Å². The number of rotatable bonds is 10. The standard InChI is InChI=1S/C23H32N2O8.C3H8/c1-3-22(9-4-5-10-25(2)15-22)16-7-6-8-17(11-16)33-20(30)13-23(32,12-18(26)27)21(31)24-14-19(28)29;1-3-2/h6-8,11,32H,3-5,9-10,12-15H2,1-2H3,(H,24,31)(H,26,27)(H,28,29);3H2,1-2H3/t22?,23-;/m0./s1. The van der Waals surface area contributed by atoms with E-state index in [9.17, 15) is 24.3 Å². The fourth-order valence-corrected chi connectivity index (χ4v) is 4.34. The molecule has 4 N–H and O–H groups in total. The number of likely N-dealkylation sites (tertiary alicyclic amines) is 1. The van der Waals surface area contributed by atoms with Crippen LogP contribution in [0.1, 0.15) is 71.3 Å². The summed E-state index contributed by atoms with van der Waals surface area (Å²) < 4.78 is 5.34. The maximum absolute atomic E-state index is 12.5. The first kappa shape index (κ1) is 31.1. The van der Waals surface area contributed by atoms with Gasteiger partial charge in [-0.3, -0.25) is 19.2 Å². The van der Waals surface area contributed by atoms with Crippen molar-refractivity contribution in [3.63, 3.8) is 0 Å². The quantitative estimate of drug-likeness (QED) is 0.276. The highest BCUT2D eigenvalue weighted by molar-refractivity contribution is 5.94. The van der Waals surface area contributed by atoms with Crippen LogP contribution in [0.4, 0.5) is 0 Å². The number of hydrogen-bond acceptors (Lipinski definition) is 7. The van der Waals surface area contributed by atoms with Crippen LogP contribution in [0.3, 0.4) is 0 Å². The Bertz CT molecular complexity index is 906. The van der Waals surface area contributed by atoms with Gasteiger partial charge in [-0.15, -0.1) is 0 Å². The summed E-state index contributed by atoms with van der Waals surface area (Å²) in [6.07, 6.45) is 3.30. The van der Waals surface area contributed by atoms with E-state index in [4.69, 9.17) is 14.9 Å². The van der Waals surface area contributed by atoms with Gasteiger partial charge in [0, 0.05) is 12.0 Å². The Hall–Kier alpha value is -2.98. The predicted molar refractivity (Wildman–Crippen MR) is 134 cm³/mol. The molecule has 0 saturated carbocycles. The summed E-state index contributed by atoms with van der Waals surface area (Å²) in [5.41, 5.74) is -1.73. The third kappa shape index (κ3) is 9.58. The Labute approximate surface area is 212 Å². The predicted octanol–water partition coefficient (Wildman–Crippen LogP) is 2.57. The number of hydrogen-bond donors (Lipinski definition) is 4. The van der Waals surface area contributed by atoms with Gasteiger partial charge < -0.3 is 30.3 Å². The number of aliphatic hydroxyl groups is 1. The average Bonchev–Trinajstić information content (AvgIpc) is 2.99. The monoisotopic (exact) mass is 508 g/mol. The molecule has 10 heteroatoms. The largest absolute Gasteiger partial charge is 0.481 e. The number of benzene rings is 1. The molecule has 1 fully saturated rings. The maximum atomic E-state index is 12.5. The van der Waals surface area contributed by atoms with Crippen molar-refractivity contribution in [3.8, 4) is 5.75 Å². The Morgan fingerprint density at radius 3 is 2.33 bits per heavy atom. The second-order valence-electron chi connectivity index (χ2n) is 9.39. The van der Waals surface area contributed by atoms with Crippen molar-refractivity contribution in [1.82, 2.24) is 10.2 Å². The summed E-state index contributed by atoms with van der Waals surface area (Å²) in [6.45, 7) is 7.43. The van der Waals surface area contributed by atoms with Gasteiger partial charge in [0.2, 0.25) is 0 Å². The molecule has 10 nitrogen and oxygen atoms in total. The maximum Gasteiger partial charge on any atom is 0.322 e. The number of carbonyl (C=O) groups excluding carboxylic acids is 2. The number of esters is 1. The topological polar surface area (TPSA) is 153 Å². The van der Waals surface area contributed by atoms with Gasteiger partial charge >= 0.3 is 17.9 Å². The van der Waals surface area contributed by atoms with Crippen molar-refractivity contribution >= 4 is 23.8 Å². The minimum Gasteiger partial charge on any atom is -0.481 e. The Morgan fingerprint density at radius 2 is 1.75 bits per heavy atom. The number of nitrogens with zero attached hydrogens (tertiary/aromatic N) is 1. The van der Waals surface area contributed by atoms with E-state index in [2.05, 4.69) is 32.7 Å². The van der Waals surface area contributed by atoms with Crippen LogP contribution in [0.25, 0.3) is 0 Å². The van der Waals surface area contributed by atoms with E-state index in [1.807, 2.05) is 11.4 Å². The summed E-state index contributed by atoms with van der Waals surface area (Å²) in [6, 6.07) is 7.09. The van der Waals surface area contributed by atoms with E-state index in [0.717, 1.165) is 44.3 Å². The zero-order chi connectivity index (χ0) is 27.4. The molecule has 1 aromatic rings. The third-order valence-electron chi connectivity index (χ3n) is 6.08. The number of amides is 1. The van der Waals surface area contributed by atoms with Gasteiger partial charge in [-0.25, -0.2) is 0 Å². The van der Waals surface area contributed by atoms with Gasteiger partial charge in [-0.2, -0.15) is 0 Å². The Morgan fingerprint density at radius 1 is 1.08 bits per heavy atom. The van der Waals surface area contributed by atoms with Crippen LogP contribution in [0.5, 0.6) is 5.75 Å². The summed E-state index contributed by atoms with van der Waals surface area (Å²) in [5.74, 6) is -4.97. The van der Waals surface area contributed by atoms with E-state index in [0.29, 0.717) is 0 Å². The van der Waals surface area contributed by atoms with Gasteiger partial charge in [0.15, 0.2) is 5.60 Å². The van der Waals surface area contributed by atoms with E-state index >= 15 is 0 Å². The molecule has 2 atom stereocenters. The molecule has 1 aromatic carbocycles. The zero-order valence-corrected chi connectivity index (χ0v) is 21.7. The van der Waals surface area contributed by atoms with E-state index in [-0.39, 0.29) is 11.2 Å². The van der Waals surface area contributed by atoms with Crippen LogP contribution >= 0.6 is 0 Å². The zero-order valence-electron chi connectivity index (χ0n) is 21.7. The lowest BCUT2D eigenvalue weighted by Gasteiger charge is -2.35. The van der Waals surface area contributed by atoms with Crippen LogP contribution in [0.15, 0.2) is 24.3 Å². The minimum atomic E-state index is -2.65. The van der Waals surface area contributed by atoms with Crippen LogP contribution in [0.2, 0.25) is 0 Å². The average molecular weight is 509 g/mol. The van der Waals surface area contributed by atoms with Crippen molar-refractivity contribution in [2.75, 3.05) is 26.7 Å². The van der Waals surface area contributed by atoms with Crippen LogP contribution in [-0.2, 0) is 24.6 Å². The van der Waals surface area contributed by atoms with E-state index < -0.39 is 48.8 Å². The van der Waals surface area contributed by atoms with E-state index in [1.165, 1.54) is 6.42 Å². The first-order valence-corrected chi connectivity index (χ1v) is 12.3. The van der Waals surface area contributed by atoms with Gasteiger partial charge in [0.1, 0.15) is 12.3 Å². The minimum absolute atomic E-state index is 0.103. The van der Waals surface area contributed by atoms with Gasteiger partial charge in [0.25, 0.3) is 5.91 Å². The SMILES string of the molecule is CCC.CCC1(c2cccc(OC(=O)C[C@@](O)(CC(=O)O)C(=O)NCC(=O)O)c2)CCCCN(C)C1. The molecule has 1 saturated heterocycles. The number of nitrogens with one attached hydrogen (secondary N) is 1. The molecular formula is C26H40N2O8. The summed E-state index contributed by atoms with van der Waals surface area (Å²) in [4.78, 5) is 48.8. The van der Waals surface area contributed by atoms with Gasteiger partial charge in [0.05, 0.1) is 12.8 Å². The second kappa shape index (κ2) is 14.5. The Kier molecular flexibility index (Phi) is 12.5. The lowest BCUT2D eigenvalue weighted by Crippen LogP contribution is -2.51. The van der Waals surface area contributed by atoms with Gasteiger partial charge in [-0.05, 0) is 50.6 Å². The number of carboxylic acids is 2. The summed E-state index contributed by atoms with van der Waals surface area (Å²) in [5, 5.41) is 30.2. The Balaban J connectivity index is 0.00000205. The van der Waals surface area contributed by atoms with Crippen LogP contribution in [-0.4, -0.2) is 76.3 Å². The van der Waals surface area contributed by atoms with Crippen molar-refractivity contribution in [1.29, 1.82) is 0 Å². The molecule has 202 valence electrons. The molecule has 36 heavy (non-hydrogen) atoms. The number of aliphatic carboxylic acids is 2. The highest BCUT2D eigenvalue weighted by Gasteiger charge is 2.41. The summed E-state index contributed by atoms with van der Waals surface area (Å²) >= 11 is 0. The molecule has 1 heterocycles. The fourth-order valence-electron chi connectivity index (χ4n) is 4.34. The first-order valence-electron chi connectivity index (χ1n) is 12.3. The molecule has 0 aliphatic carbocycles. The highest BCUT2D eigenvalue weighted by atomic mass is 16.5. The lowest BCUT2D eigenvalue weighted by atomic mass is 9.74. The van der Waals surface area contributed by atoms with Crippen molar-refractivity contribution in [2.45, 2.75) is 76.7 Å². The summed E-state index contributed by atoms with van der Waals surface area (Å²) in [7, 11) is 2.08. The normalized spacial score (nSPS) is 19.6. The molecule has 0 radical (unpaired) electrons. The number of ether oxygens (including phenoxy) is 1. The number of carbonyl (C=O) groups is 4. The molecule has 1 aliphatic heterocycles.